The van der Waals surface area contributed by atoms with Gasteiger partial charge in [0.05, 0.1) is 17.9 Å². The van der Waals surface area contributed by atoms with Crippen molar-refractivity contribution < 1.29 is 19.1 Å². The van der Waals surface area contributed by atoms with E-state index in [9.17, 15) is 9.59 Å². The number of hydrogen-bond donors (Lipinski definition) is 2. The quantitative estimate of drug-likeness (QED) is 0.492. The first-order valence-corrected chi connectivity index (χ1v) is 11.2. The Balaban J connectivity index is 1.77. The van der Waals surface area contributed by atoms with Gasteiger partial charge >= 0.3 is 11.8 Å². The lowest BCUT2D eigenvalue weighted by molar-refractivity contribution is -0.145. The highest BCUT2D eigenvalue weighted by atomic mass is 32.2. The molecule has 0 spiro atoms. The van der Waals surface area contributed by atoms with Crippen molar-refractivity contribution in [2.45, 2.75) is 45.5 Å². The van der Waals surface area contributed by atoms with Crippen molar-refractivity contribution in [1.29, 1.82) is 0 Å². The van der Waals surface area contributed by atoms with Crippen LogP contribution in [0.1, 0.15) is 36.2 Å². The number of aryl methyl sites for hydroxylation is 2. The Morgan fingerprint density at radius 3 is 2.57 bits per heavy atom. The van der Waals surface area contributed by atoms with Gasteiger partial charge in [0.15, 0.2) is 6.29 Å². The molecule has 0 saturated carbocycles. The number of nitrogens with one attached hydrogen (secondary N) is 2. The zero-order valence-corrected chi connectivity index (χ0v) is 18.6. The molecule has 1 aliphatic rings. The summed E-state index contributed by atoms with van der Waals surface area (Å²) in [5.41, 5.74) is 4.96. The summed E-state index contributed by atoms with van der Waals surface area (Å²) in [4.78, 5) is 25.0. The van der Waals surface area contributed by atoms with E-state index in [1.54, 1.807) is 16.4 Å². The fourth-order valence-corrected chi connectivity index (χ4v) is 4.35. The fraction of sp³-hybridized carbons (Fsp3) is 0.476. The maximum atomic E-state index is 12.6. The summed E-state index contributed by atoms with van der Waals surface area (Å²) in [7, 11) is 0. The summed E-state index contributed by atoms with van der Waals surface area (Å²) < 4.78 is 12.5. The molecule has 0 saturated heterocycles. The monoisotopic (exact) mass is 432 g/mol. The molecule has 3 rings (SSSR count). The number of ether oxygens (including phenoxy) is 2. The summed E-state index contributed by atoms with van der Waals surface area (Å²) in [6, 6.07) is 6.05. The first-order valence-electron chi connectivity index (χ1n) is 10.0. The van der Waals surface area contributed by atoms with Gasteiger partial charge in [-0.25, -0.2) is 4.68 Å². The zero-order chi connectivity index (χ0) is 21.7. The van der Waals surface area contributed by atoms with Crippen molar-refractivity contribution in [3.63, 3.8) is 0 Å². The van der Waals surface area contributed by atoms with E-state index < -0.39 is 18.1 Å². The first-order chi connectivity index (χ1) is 14.4. The highest BCUT2D eigenvalue weighted by Gasteiger charge is 2.27. The third-order valence-corrected chi connectivity index (χ3v) is 5.68. The predicted molar refractivity (Wildman–Crippen MR) is 117 cm³/mol. The minimum atomic E-state index is -0.743. The van der Waals surface area contributed by atoms with Gasteiger partial charge in [0.2, 0.25) is 0 Å². The molecule has 0 radical (unpaired) electrons. The molecule has 0 atom stereocenters. The lowest BCUT2D eigenvalue weighted by Crippen LogP contribution is -2.41. The van der Waals surface area contributed by atoms with Crippen molar-refractivity contribution in [3.8, 4) is 5.69 Å². The summed E-state index contributed by atoms with van der Waals surface area (Å²) in [5, 5.41) is 10.0. The standard InChI is InChI=1S/C21H28N4O4S/c1-5-28-18(29-6-2)10-22-20(26)21(27)23-19-15-11-30-12-16(15)24-25(19)17-8-7-13(3)9-14(17)4/h7-9,18H,5-6,10-12H2,1-4H3,(H,22,26)(H,23,27). The Labute approximate surface area is 180 Å². The molecule has 0 bridgehead atoms. The van der Waals surface area contributed by atoms with Gasteiger partial charge in [-0.1, -0.05) is 17.7 Å². The third-order valence-electron chi connectivity index (χ3n) is 4.70. The van der Waals surface area contributed by atoms with E-state index in [1.165, 1.54) is 0 Å². The van der Waals surface area contributed by atoms with E-state index in [0.717, 1.165) is 39.6 Å². The SMILES string of the molecule is CCOC(CNC(=O)C(=O)Nc1c2c(nn1-c1ccc(C)cc1C)CSC2)OCC. The molecule has 2 amide bonds. The number of amides is 2. The number of aromatic nitrogens is 2. The number of hydrogen-bond acceptors (Lipinski definition) is 6. The minimum Gasteiger partial charge on any atom is -0.351 e. The van der Waals surface area contributed by atoms with Crippen LogP contribution in [0.3, 0.4) is 0 Å². The van der Waals surface area contributed by atoms with E-state index in [2.05, 4.69) is 16.7 Å². The summed E-state index contributed by atoms with van der Waals surface area (Å²) in [6.07, 6.45) is -0.585. The topological polar surface area (TPSA) is 94.5 Å². The summed E-state index contributed by atoms with van der Waals surface area (Å²) >= 11 is 1.73. The van der Waals surface area contributed by atoms with Crippen molar-refractivity contribution in [3.05, 3.63) is 40.6 Å². The van der Waals surface area contributed by atoms with Crippen LogP contribution in [0.15, 0.2) is 18.2 Å². The van der Waals surface area contributed by atoms with Gasteiger partial charge < -0.3 is 20.1 Å². The Kier molecular flexibility index (Phi) is 7.52. The third kappa shape index (κ3) is 5.03. The molecule has 0 unspecified atom stereocenters. The minimum absolute atomic E-state index is 0.0955. The van der Waals surface area contributed by atoms with Crippen LogP contribution in [0.25, 0.3) is 5.69 Å². The molecule has 9 heteroatoms. The van der Waals surface area contributed by atoms with Crippen LogP contribution in [0.5, 0.6) is 0 Å². The van der Waals surface area contributed by atoms with Crippen LogP contribution in [-0.4, -0.2) is 47.6 Å². The fourth-order valence-electron chi connectivity index (χ4n) is 3.32. The lowest BCUT2D eigenvalue weighted by atomic mass is 10.1. The van der Waals surface area contributed by atoms with Crippen molar-refractivity contribution in [2.75, 3.05) is 25.1 Å². The van der Waals surface area contributed by atoms with Crippen LogP contribution >= 0.6 is 11.8 Å². The Morgan fingerprint density at radius 1 is 1.17 bits per heavy atom. The molecule has 0 aliphatic carbocycles. The molecule has 1 aromatic heterocycles. The molecule has 1 aliphatic heterocycles. The highest BCUT2D eigenvalue weighted by Crippen LogP contribution is 2.36. The number of benzene rings is 1. The Hall–Kier alpha value is -2.36. The van der Waals surface area contributed by atoms with E-state index in [-0.39, 0.29) is 6.54 Å². The van der Waals surface area contributed by atoms with Crippen LogP contribution in [-0.2, 0) is 30.6 Å². The maximum absolute atomic E-state index is 12.6. The van der Waals surface area contributed by atoms with Crippen molar-refractivity contribution in [1.82, 2.24) is 15.1 Å². The number of anilines is 1. The van der Waals surface area contributed by atoms with Gasteiger partial charge in [-0.05, 0) is 39.3 Å². The second kappa shape index (κ2) is 10.1. The largest absolute Gasteiger partial charge is 0.351 e. The lowest BCUT2D eigenvalue weighted by Gasteiger charge is -2.17. The molecule has 1 aromatic carbocycles. The summed E-state index contributed by atoms with van der Waals surface area (Å²) in [6.45, 7) is 8.71. The van der Waals surface area contributed by atoms with Gasteiger partial charge in [0.1, 0.15) is 5.82 Å². The van der Waals surface area contributed by atoms with E-state index in [4.69, 9.17) is 14.6 Å². The first kappa shape index (κ1) is 22.3. The molecule has 162 valence electrons. The van der Waals surface area contributed by atoms with Gasteiger partial charge in [0, 0.05) is 30.3 Å². The smallest absolute Gasteiger partial charge is 0.314 e. The summed E-state index contributed by atoms with van der Waals surface area (Å²) in [5.74, 6) is 0.591. The molecule has 30 heavy (non-hydrogen) atoms. The molecular formula is C21H28N4O4S. The molecular weight excluding hydrogens is 404 g/mol. The van der Waals surface area contributed by atoms with Gasteiger partial charge in [-0.3, -0.25) is 9.59 Å². The van der Waals surface area contributed by atoms with E-state index in [0.29, 0.717) is 19.0 Å². The number of nitrogens with zero attached hydrogens (tertiary/aromatic N) is 2. The van der Waals surface area contributed by atoms with E-state index >= 15 is 0 Å². The second-order valence-electron chi connectivity index (χ2n) is 6.97. The molecule has 0 fully saturated rings. The number of carbonyl (C=O) groups is 2. The number of thioether (sulfide) groups is 1. The maximum Gasteiger partial charge on any atom is 0.314 e. The molecule has 2 heterocycles. The molecule has 2 N–H and O–H groups in total. The van der Waals surface area contributed by atoms with Crippen molar-refractivity contribution in [2.24, 2.45) is 0 Å². The van der Waals surface area contributed by atoms with E-state index in [1.807, 2.05) is 39.8 Å². The average molecular weight is 433 g/mol. The van der Waals surface area contributed by atoms with Gasteiger partial charge in [-0.15, -0.1) is 0 Å². The van der Waals surface area contributed by atoms with Gasteiger partial charge in [-0.2, -0.15) is 16.9 Å². The second-order valence-corrected chi connectivity index (χ2v) is 7.96. The van der Waals surface area contributed by atoms with Gasteiger partial charge in [0.25, 0.3) is 0 Å². The number of carbonyl (C=O) groups excluding carboxylic acids is 2. The predicted octanol–water partition coefficient (Wildman–Crippen LogP) is 2.69. The van der Waals surface area contributed by atoms with Crippen LogP contribution < -0.4 is 10.6 Å². The zero-order valence-electron chi connectivity index (χ0n) is 17.8. The van der Waals surface area contributed by atoms with Crippen LogP contribution in [0.2, 0.25) is 0 Å². The average Bonchev–Trinajstić information content (AvgIpc) is 3.29. The number of fused-ring (bicyclic) bond motifs is 1. The Bertz CT molecular complexity index is 922. The number of rotatable bonds is 8. The molecule has 2 aromatic rings. The molecule has 8 nitrogen and oxygen atoms in total. The highest BCUT2D eigenvalue weighted by molar-refractivity contribution is 7.98. The normalized spacial score (nSPS) is 12.8. The Morgan fingerprint density at radius 2 is 1.90 bits per heavy atom. The van der Waals surface area contributed by atoms with Crippen molar-refractivity contribution >= 4 is 29.4 Å². The van der Waals surface area contributed by atoms with Crippen LogP contribution in [0.4, 0.5) is 5.82 Å². The van der Waals surface area contributed by atoms with Crippen LogP contribution in [0, 0.1) is 13.8 Å².